The molecule has 0 radical (unpaired) electrons. The number of aromatic hydroxyl groups is 1. The fraction of sp³-hybridized carbons (Fsp3) is 0.0741. The van der Waals surface area contributed by atoms with E-state index in [-0.39, 0.29) is 17.5 Å². The van der Waals surface area contributed by atoms with Crippen molar-refractivity contribution in [3.05, 3.63) is 106 Å². The topological polar surface area (TPSA) is 149 Å². The van der Waals surface area contributed by atoms with Crippen molar-refractivity contribution < 1.29 is 14.8 Å². The molecule has 5 aromatic rings. The number of carbonyl (C=O) groups is 1. The van der Waals surface area contributed by atoms with Gasteiger partial charge < -0.3 is 20.4 Å². The number of fused-ring (bicyclic) bond motifs is 1. The summed E-state index contributed by atoms with van der Waals surface area (Å²) in [5.41, 5.74) is 5.24. The Morgan fingerprint density at radius 1 is 1.11 bits per heavy atom. The van der Waals surface area contributed by atoms with Crippen molar-refractivity contribution in [2.75, 3.05) is 0 Å². The maximum Gasteiger partial charge on any atom is 0.270 e. The molecular weight excluding hydrogens is 472 g/mol. The molecule has 0 bridgehead atoms. The van der Waals surface area contributed by atoms with Crippen molar-refractivity contribution in [3.8, 4) is 17.1 Å². The highest BCUT2D eigenvalue weighted by molar-refractivity contribution is 6.22. The Kier molecular flexibility index (Phi) is 6.21. The predicted octanol–water partition coefficient (Wildman–Crippen LogP) is 4.98. The number of aromatic amines is 2. The van der Waals surface area contributed by atoms with Crippen molar-refractivity contribution in [1.29, 1.82) is 0 Å². The van der Waals surface area contributed by atoms with Gasteiger partial charge in [-0.25, -0.2) is 9.98 Å². The molecule has 0 aliphatic rings. The fourth-order valence-electron chi connectivity index (χ4n) is 4.05. The average molecular weight is 495 g/mol. The van der Waals surface area contributed by atoms with Crippen molar-refractivity contribution >= 4 is 33.9 Å². The van der Waals surface area contributed by atoms with E-state index in [4.69, 9.17) is 4.99 Å². The van der Waals surface area contributed by atoms with Crippen LogP contribution < -0.4 is 5.32 Å². The molecule has 0 unspecified atom stereocenters. The zero-order valence-electron chi connectivity index (χ0n) is 19.7. The number of imidazole rings is 1. The summed E-state index contributed by atoms with van der Waals surface area (Å²) in [7, 11) is 0. The Morgan fingerprint density at radius 2 is 1.86 bits per heavy atom. The first kappa shape index (κ1) is 23.5. The molecule has 0 spiro atoms. The molecule has 0 atom stereocenters. The van der Waals surface area contributed by atoms with Crippen LogP contribution in [-0.2, 0) is 11.3 Å². The molecule has 0 saturated heterocycles. The lowest BCUT2D eigenvalue weighted by atomic mass is 9.99. The van der Waals surface area contributed by atoms with E-state index in [9.17, 15) is 20.0 Å². The Bertz CT molecular complexity index is 1620. The number of benzene rings is 3. The maximum absolute atomic E-state index is 11.4. The second kappa shape index (κ2) is 9.78. The third kappa shape index (κ3) is 4.94. The van der Waals surface area contributed by atoms with Crippen molar-refractivity contribution in [2.45, 2.75) is 13.5 Å². The lowest BCUT2D eigenvalue weighted by molar-refractivity contribution is -0.384. The second-order valence-electron chi connectivity index (χ2n) is 8.41. The number of nitro groups is 1. The van der Waals surface area contributed by atoms with Crippen LogP contribution in [0, 0.1) is 10.1 Å². The molecule has 2 heterocycles. The van der Waals surface area contributed by atoms with Crippen molar-refractivity contribution in [2.24, 2.45) is 4.99 Å². The van der Waals surface area contributed by atoms with Crippen LogP contribution in [0.25, 0.3) is 22.2 Å². The van der Waals surface area contributed by atoms with Gasteiger partial charge in [-0.15, -0.1) is 0 Å². The third-order valence-electron chi connectivity index (χ3n) is 5.90. The third-order valence-corrected chi connectivity index (χ3v) is 5.90. The summed E-state index contributed by atoms with van der Waals surface area (Å²) in [4.78, 5) is 37.1. The van der Waals surface area contributed by atoms with Gasteiger partial charge in [-0.1, -0.05) is 36.4 Å². The van der Waals surface area contributed by atoms with Crippen molar-refractivity contribution in [1.82, 2.24) is 20.3 Å². The summed E-state index contributed by atoms with van der Waals surface area (Å²) in [5, 5.41) is 25.5. The summed E-state index contributed by atoms with van der Waals surface area (Å²) in [6.45, 7) is 1.83. The Hall–Kier alpha value is -5.25. The molecule has 184 valence electrons. The van der Waals surface area contributed by atoms with Gasteiger partial charge in [0, 0.05) is 42.1 Å². The highest BCUT2D eigenvalue weighted by Gasteiger charge is 2.21. The number of carbonyl (C=O) groups excluding carboxylic acids is 1. The lowest BCUT2D eigenvalue weighted by Crippen LogP contribution is -2.18. The van der Waals surface area contributed by atoms with E-state index < -0.39 is 4.92 Å². The minimum absolute atomic E-state index is 0.0957. The van der Waals surface area contributed by atoms with Gasteiger partial charge in [-0.2, -0.15) is 0 Å². The molecule has 3 aromatic carbocycles. The molecule has 0 aliphatic heterocycles. The lowest BCUT2D eigenvalue weighted by Gasteiger charge is -2.10. The number of hydrogen-bond acceptors (Lipinski definition) is 6. The van der Waals surface area contributed by atoms with E-state index in [2.05, 4.69) is 20.3 Å². The largest absolute Gasteiger partial charge is 0.494 e. The van der Waals surface area contributed by atoms with E-state index in [0.717, 1.165) is 16.8 Å². The molecular formula is C27H22N6O4. The quantitative estimate of drug-likeness (QED) is 0.143. The molecule has 10 nitrogen and oxygen atoms in total. The number of nitrogens with one attached hydrogen (secondary N) is 3. The summed E-state index contributed by atoms with van der Waals surface area (Å²) < 4.78 is 0. The van der Waals surface area contributed by atoms with Crippen LogP contribution in [-0.4, -0.2) is 36.6 Å². The van der Waals surface area contributed by atoms with Gasteiger partial charge in [-0.3, -0.25) is 14.9 Å². The minimum Gasteiger partial charge on any atom is -0.494 e. The molecule has 1 amide bonds. The van der Waals surface area contributed by atoms with E-state index >= 15 is 0 Å². The molecule has 5 rings (SSSR count). The van der Waals surface area contributed by atoms with Crippen LogP contribution in [0.3, 0.4) is 0 Å². The summed E-state index contributed by atoms with van der Waals surface area (Å²) in [5.74, 6) is -0.277. The van der Waals surface area contributed by atoms with E-state index in [0.29, 0.717) is 40.0 Å². The number of aliphatic imine (C=N–C) groups is 1. The number of nitrogens with zero attached hydrogens (tertiary/aromatic N) is 3. The normalized spacial score (nSPS) is 11.5. The number of nitro benzene ring substituents is 1. The van der Waals surface area contributed by atoms with Crippen LogP contribution >= 0.6 is 0 Å². The zero-order chi connectivity index (χ0) is 25.9. The Morgan fingerprint density at radius 3 is 2.51 bits per heavy atom. The van der Waals surface area contributed by atoms with E-state index in [1.807, 2.05) is 48.5 Å². The standard InChI is InChI=1S/C27H22N6O4/c1-16(34)29-13-17-2-4-19(5-3-17)26(31-20-8-6-18(7-9-20)24-14-28-15-30-24)25-22-12-21(33(36)37)10-11-23(22)32-27(25)35/h2-12,14-15,32,35H,13H2,1H3,(H,28,30)(H,29,34). The monoisotopic (exact) mass is 494 g/mol. The first-order chi connectivity index (χ1) is 17.9. The molecule has 0 saturated carbocycles. The molecule has 0 fully saturated rings. The Labute approximate surface area is 210 Å². The van der Waals surface area contributed by atoms with Gasteiger partial charge in [-0.05, 0) is 29.3 Å². The van der Waals surface area contributed by atoms with Gasteiger partial charge in [0.2, 0.25) is 5.91 Å². The predicted molar refractivity (Wildman–Crippen MR) is 140 cm³/mol. The SMILES string of the molecule is CC(=O)NCc1ccc(C(=Nc2ccc(-c3cnc[nH]3)cc2)c2c(O)[nH]c3ccc([N+](=O)[O-])cc23)cc1. The summed E-state index contributed by atoms with van der Waals surface area (Å²) in [6.07, 6.45) is 3.33. The summed E-state index contributed by atoms with van der Waals surface area (Å²) in [6, 6.07) is 19.2. The van der Waals surface area contributed by atoms with Crippen LogP contribution in [0.2, 0.25) is 0 Å². The average Bonchev–Trinajstić information content (AvgIpc) is 3.54. The second-order valence-corrected chi connectivity index (χ2v) is 8.41. The zero-order valence-corrected chi connectivity index (χ0v) is 19.7. The first-order valence-corrected chi connectivity index (χ1v) is 11.4. The minimum atomic E-state index is -0.477. The van der Waals surface area contributed by atoms with Gasteiger partial charge in [0.15, 0.2) is 5.88 Å². The molecule has 37 heavy (non-hydrogen) atoms. The van der Waals surface area contributed by atoms with Crippen LogP contribution in [0.5, 0.6) is 5.88 Å². The number of aromatic nitrogens is 3. The molecule has 0 aliphatic carbocycles. The molecule has 2 aromatic heterocycles. The van der Waals surface area contributed by atoms with Gasteiger partial charge in [0.25, 0.3) is 5.69 Å². The van der Waals surface area contributed by atoms with Crippen molar-refractivity contribution in [3.63, 3.8) is 0 Å². The van der Waals surface area contributed by atoms with Gasteiger partial charge in [0.1, 0.15) is 0 Å². The highest BCUT2D eigenvalue weighted by atomic mass is 16.6. The van der Waals surface area contributed by atoms with Crippen LogP contribution in [0.4, 0.5) is 11.4 Å². The maximum atomic E-state index is 11.4. The van der Waals surface area contributed by atoms with Crippen LogP contribution in [0.1, 0.15) is 23.6 Å². The number of amides is 1. The number of hydrogen-bond donors (Lipinski definition) is 4. The molecule has 10 heteroatoms. The Balaban J connectivity index is 1.63. The van der Waals surface area contributed by atoms with E-state index in [1.165, 1.54) is 19.1 Å². The smallest absolute Gasteiger partial charge is 0.270 e. The number of H-pyrrole nitrogens is 2. The fourth-order valence-corrected chi connectivity index (χ4v) is 4.05. The number of rotatable bonds is 7. The van der Waals surface area contributed by atoms with Gasteiger partial charge in [0.05, 0.1) is 40.1 Å². The number of non-ortho nitro benzene ring substituents is 1. The summed E-state index contributed by atoms with van der Waals surface area (Å²) >= 11 is 0. The van der Waals surface area contributed by atoms with Crippen LogP contribution in [0.15, 0.2) is 84.2 Å². The first-order valence-electron chi connectivity index (χ1n) is 11.4. The molecule has 4 N–H and O–H groups in total. The van der Waals surface area contributed by atoms with Gasteiger partial charge >= 0.3 is 0 Å². The van der Waals surface area contributed by atoms with E-state index in [1.54, 1.807) is 18.6 Å². The highest BCUT2D eigenvalue weighted by Crippen LogP contribution is 2.34.